The molecule has 2 rings (SSSR count). The average molecular weight is 302 g/mol. The van der Waals surface area contributed by atoms with Gasteiger partial charge in [-0.2, -0.15) is 5.10 Å². The van der Waals surface area contributed by atoms with E-state index in [0.29, 0.717) is 10.7 Å². The molecule has 0 aliphatic rings. The van der Waals surface area contributed by atoms with Crippen LogP contribution in [0.4, 0.5) is 5.69 Å². The lowest BCUT2D eigenvalue weighted by Gasteiger charge is -2.07. The van der Waals surface area contributed by atoms with E-state index in [1.54, 1.807) is 12.1 Å². The van der Waals surface area contributed by atoms with Crippen molar-refractivity contribution in [3.05, 3.63) is 64.7 Å². The van der Waals surface area contributed by atoms with Crippen LogP contribution in [0.25, 0.3) is 0 Å². The highest BCUT2D eigenvalue weighted by Gasteiger charge is 2.01. The number of hydrogen-bond donors (Lipinski definition) is 1. The highest BCUT2D eigenvalue weighted by Crippen LogP contribution is 2.13. The molecule has 2 aromatic rings. The standard InChI is InChI=1S/C16H15ClN2O2/c1-2-15(11-3-7-13(17)8-4-11)19-18-14-9-5-12(6-10-14)16(20)21/h3-10,18H,2H2,1H3,(H,20,21)/p-1/b19-15-. The van der Waals surface area contributed by atoms with E-state index in [0.717, 1.165) is 17.7 Å². The first-order valence-electron chi connectivity index (χ1n) is 6.50. The number of carbonyl (C=O) groups is 1. The zero-order chi connectivity index (χ0) is 15.2. The van der Waals surface area contributed by atoms with Crippen LogP contribution in [-0.2, 0) is 0 Å². The van der Waals surface area contributed by atoms with E-state index in [2.05, 4.69) is 10.5 Å². The van der Waals surface area contributed by atoms with Crippen LogP contribution >= 0.6 is 11.6 Å². The molecule has 4 nitrogen and oxygen atoms in total. The number of carboxylic acids is 1. The molecule has 0 saturated carbocycles. The Bertz CT molecular complexity index is 649. The smallest absolute Gasteiger partial charge is 0.0715 e. The summed E-state index contributed by atoms with van der Waals surface area (Å²) >= 11 is 5.86. The fourth-order valence-corrected chi connectivity index (χ4v) is 1.93. The molecular formula is C16H14ClN2O2-. The molecule has 0 radical (unpaired) electrons. The zero-order valence-corrected chi connectivity index (χ0v) is 12.2. The van der Waals surface area contributed by atoms with E-state index >= 15 is 0 Å². The molecule has 0 heterocycles. The molecule has 0 atom stereocenters. The Hall–Kier alpha value is -2.33. The summed E-state index contributed by atoms with van der Waals surface area (Å²) in [5.74, 6) is -1.19. The van der Waals surface area contributed by atoms with Crippen LogP contribution in [0.1, 0.15) is 29.3 Å². The molecule has 0 aliphatic heterocycles. The van der Waals surface area contributed by atoms with Crippen molar-refractivity contribution in [2.75, 3.05) is 5.43 Å². The monoisotopic (exact) mass is 301 g/mol. The summed E-state index contributed by atoms with van der Waals surface area (Å²) < 4.78 is 0. The molecule has 0 bridgehead atoms. The van der Waals surface area contributed by atoms with Crippen LogP contribution in [0.3, 0.4) is 0 Å². The van der Waals surface area contributed by atoms with Crippen molar-refractivity contribution in [3.8, 4) is 0 Å². The van der Waals surface area contributed by atoms with Crippen molar-refractivity contribution in [2.24, 2.45) is 5.10 Å². The number of rotatable bonds is 5. The fraction of sp³-hybridized carbons (Fsp3) is 0.125. The number of aromatic carboxylic acids is 1. The summed E-state index contributed by atoms with van der Waals surface area (Å²) in [6, 6.07) is 13.7. The van der Waals surface area contributed by atoms with E-state index in [9.17, 15) is 9.90 Å². The molecule has 0 aromatic heterocycles. The topological polar surface area (TPSA) is 64.5 Å². The molecule has 5 heteroatoms. The number of nitrogens with zero attached hydrogens (tertiary/aromatic N) is 1. The van der Waals surface area contributed by atoms with E-state index < -0.39 is 5.97 Å². The van der Waals surface area contributed by atoms with E-state index in [1.807, 2.05) is 31.2 Å². The van der Waals surface area contributed by atoms with Crippen LogP contribution in [0.15, 0.2) is 53.6 Å². The molecule has 0 saturated heterocycles. The second kappa shape index (κ2) is 6.90. The second-order valence-corrected chi connectivity index (χ2v) is 4.83. The second-order valence-electron chi connectivity index (χ2n) is 4.40. The Balaban J connectivity index is 2.13. The van der Waals surface area contributed by atoms with Gasteiger partial charge in [-0.3, -0.25) is 5.43 Å². The minimum Gasteiger partial charge on any atom is -0.545 e. The Labute approximate surface area is 128 Å². The van der Waals surface area contributed by atoms with Gasteiger partial charge in [-0.1, -0.05) is 42.8 Å². The lowest BCUT2D eigenvalue weighted by atomic mass is 10.1. The Morgan fingerprint density at radius 1 is 1.10 bits per heavy atom. The summed E-state index contributed by atoms with van der Waals surface area (Å²) in [6.45, 7) is 2.01. The van der Waals surface area contributed by atoms with Gasteiger partial charge in [0.2, 0.25) is 0 Å². The van der Waals surface area contributed by atoms with E-state index in [4.69, 9.17) is 11.6 Å². The predicted octanol–water partition coefficient (Wildman–Crippen LogP) is 2.93. The van der Waals surface area contributed by atoms with Crippen LogP contribution in [0.2, 0.25) is 5.02 Å². The molecule has 0 spiro atoms. The molecular weight excluding hydrogens is 288 g/mol. The van der Waals surface area contributed by atoms with Gasteiger partial charge in [-0.15, -0.1) is 0 Å². The summed E-state index contributed by atoms with van der Waals surface area (Å²) in [6.07, 6.45) is 0.756. The third-order valence-electron chi connectivity index (χ3n) is 2.95. The molecule has 0 unspecified atom stereocenters. The molecule has 108 valence electrons. The van der Waals surface area contributed by atoms with Gasteiger partial charge in [0.1, 0.15) is 0 Å². The Morgan fingerprint density at radius 2 is 1.67 bits per heavy atom. The van der Waals surface area contributed by atoms with Gasteiger partial charge in [0.05, 0.1) is 17.4 Å². The largest absolute Gasteiger partial charge is 0.545 e. The van der Waals surface area contributed by atoms with Crippen LogP contribution in [0, 0.1) is 0 Å². The predicted molar refractivity (Wildman–Crippen MR) is 82.7 cm³/mol. The zero-order valence-electron chi connectivity index (χ0n) is 11.5. The highest BCUT2D eigenvalue weighted by molar-refractivity contribution is 6.30. The normalized spacial score (nSPS) is 11.2. The quantitative estimate of drug-likeness (QED) is 0.682. The first kappa shape index (κ1) is 15.1. The van der Waals surface area contributed by atoms with Gasteiger partial charge >= 0.3 is 0 Å². The minimum absolute atomic E-state index is 0.137. The van der Waals surface area contributed by atoms with E-state index in [-0.39, 0.29) is 5.56 Å². The van der Waals surface area contributed by atoms with Gasteiger partial charge in [-0.25, -0.2) is 0 Å². The Kier molecular flexibility index (Phi) is 4.95. The lowest BCUT2D eigenvalue weighted by Crippen LogP contribution is -2.21. The number of carbonyl (C=O) groups excluding carboxylic acids is 1. The highest BCUT2D eigenvalue weighted by atomic mass is 35.5. The summed E-state index contributed by atoms with van der Waals surface area (Å²) in [5, 5.41) is 15.7. The van der Waals surface area contributed by atoms with Gasteiger partial charge in [0.25, 0.3) is 0 Å². The maximum absolute atomic E-state index is 10.7. The van der Waals surface area contributed by atoms with Crippen molar-refractivity contribution in [3.63, 3.8) is 0 Å². The number of carboxylic acid groups (broad SMARTS) is 1. The van der Waals surface area contributed by atoms with Gasteiger partial charge in [0, 0.05) is 5.02 Å². The number of hydrogen-bond acceptors (Lipinski definition) is 4. The third kappa shape index (κ3) is 4.07. The summed E-state index contributed by atoms with van der Waals surface area (Å²) in [7, 11) is 0. The maximum Gasteiger partial charge on any atom is 0.0715 e. The fourth-order valence-electron chi connectivity index (χ4n) is 1.80. The summed E-state index contributed by atoms with van der Waals surface area (Å²) in [5.41, 5.74) is 5.63. The number of anilines is 1. The first-order valence-corrected chi connectivity index (χ1v) is 6.88. The lowest BCUT2D eigenvalue weighted by molar-refractivity contribution is -0.255. The van der Waals surface area contributed by atoms with Gasteiger partial charge in [0.15, 0.2) is 0 Å². The average Bonchev–Trinajstić information content (AvgIpc) is 2.50. The van der Waals surface area contributed by atoms with Crippen molar-refractivity contribution in [1.29, 1.82) is 0 Å². The van der Waals surface area contributed by atoms with Crippen molar-refractivity contribution >= 4 is 29.0 Å². The van der Waals surface area contributed by atoms with Crippen molar-refractivity contribution < 1.29 is 9.90 Å². The van der Waals surface area contributed by atoms with Crippen LogP contribution in [-0.4, -0.2) is 11.7 Å². The number of halogens is 1. The SMILES string of the molecule is CC/C(=N/Nc1ccc(C(=O)[O-])cc1)c1ccc(Cl)cc1. The minimum atomic E-state index is -1.19. The molecule has 0 fully saturated rings. The van der Waals surface area contributed by atoms with Gasteiger partial charge in [-0.05, 0) is 41.8 Å². The Morgan fingerprint density at radius 3 is 2.19 bits per heavy atom. The number of hydrazone groups is 1. The number of benzene rings is 2. The van der Waals surface area contributed by atoms with Crippen molar-refractivity contribution in [1.82, 2.24) is 0 Å². The first-order chi connectivity index (χ1) is 10.1. The van der Waals surface area contributed by atoms with Crippen LogP contribution in [0.5, 0.6) is 0 Å². The van der Waals surface area contributed by atoms with Crippen LogP contribution < -0.4 is 10.5 Å². The molecule has 1 N–H and O–H groups in total. The molecule has 0 amide bonds. The maximum atomic E-state index is 10.7. The van der Waals surface area contributed by atoms with Crippen molar-refractivity contribution in [2.45, 2.75) is 13.3 Å². The summed E-state index contributed by atoms with van der Waals surface area (Å²) in [4.78, 5) is 10.7. The van der Waals surface area contributed by atoms with Gasteiger partial charge < -0.3 is 9.90 Å². The van der Waals surface area contributed by atoms with E-state index in [1.165, 1.54) is 12.1 Å². The molecule has 21 heavy (non-hydrogen) atoms. The molecule has 0 aliphatic carbocycles. The molecule has 2 aromatic carbocycles. The number of nitrogens with one attached hydrogen (secondary N) is 1. The third-order valence-corrected chi connectivity index (χ3v) is 3.20.